The Morgan fingerprint density at radius 3 is 2.16 bits per heavy atom. The van der Waals surface area contributed by atoms with E-state index in [0.717, 1.165) is 25.9 Å². The minimum absolute atomic E-state index is 0.0301. The molecule has 2 bridgehead atoms. The van der Waals surface area contributed by atoms with Crippen molar-refractivity contribution in [3.63, 3.8) is 0 Å². The van der Waals surface area contributed by atoms with E-state index in [9.17, 15) is 13.6 Å². The Hall–Kier alpha value is -0.180. The maximum Gasteiger partial charge on any atom is 0.320 e. The molecule has 3 fully saturated rings. The number of amides is 2. The van der Waals surface area contributed by atoms with Gasteiger partial charge in [-0.05, 0) is 42.5 Å². The molecule has 0 radical (unpaired) electrons. The van der Waals surface area contributed by atoms with Gasteiger partial charge in [-0.3, -0.25) is 0 Å². The zero-order valence-corrected chi connectivity index (χ0v) is 13.0. The number of hydrogen-bond acceptors (Lipinski definition) is 2. The summed E-state index contributed by atoms with van der Waals surface area (Å²) in [5.74, 6) is -0.679. The molecule has 19 heavy (non-hydrogen) atoms. The lowest BCUT2D eigenvalue weighted by atomic mass is 10.0. The SMILES string of the molecule is CN1CC2CCC(C1)N2C(=O)N1CC(C(F)(F)I)C1. The number of halogens is 3. The molecule has 2 amide bonds. The normalized spacial score (nSPS) is 32.6. The lowest BCUT2D eigenvalue weighted by molar-refractivity contribution is -0.0304. The third kappa shape index (κ3) is 2.43. The second kappa shape index (κ2) is 4.68. The summed E-state index contributed by atoms with van der Waals surface area (Å²) in [7, 11) is 2.07. The van der Waals surface area contributed by atoms with Gasteiger partial charge < -0.3 is 14.7 Å². The molecule has 0 saturated carbocycles. The van der Waals surface area contributed by atoms with E-state index >= 15 is 0 Å². The van der Waals surface area contributed by atoms with Gasteiger partial charge in [0, 0.05) is 38.3 Å². The van der Waals surface area contributed by atoms with Crippen LogP contribution in [0.4, 0.5) is 13.6 Å². The first-order chi connectivity index (χ1) is 8.86. The van der Waals surface area contributed by atoms with E-state index in [2.05, 4.69) is 11.9 Å². The number of nitrogens with zero attached hydrogens (tertiary/aromatic N) is 3. The number of carbonyl (C=O) groups excluding carboxylic acids is 1. The Morgan fingerprint density at radius 1 is 1.16 bits per heavy atom. The van der Waals surface area contributed by atoms with Crippen molar-refractivity contribution in [2.45, 2.75) is 28.9 Å². The van der Waals surface area contributed by atoms with Gasteiger partial charge in [0.25, 0.3) is 0 Å². The van der Waals surface area contributed by atoms with E-state index in [1.807, 2.05) is 4.90 Å². The van der Waals surface area contributed by atoms with Crippen LogP contribution in [0.15, 0.2) is 0 Å². The fourth-order valence-corrected chi connectivity index (χ4v) is 3.83. The van der Waals surface area contributed by atoms with Gasteiger partial charge in [-0.25, -0.2) is 4.79 Å². The highest BCUT2D eigenvalue weighted by atomic mass is 127. The largest absolute Gasteiger partial charge is 0.323 e. The number of hydrogen-bond donors (Lipinski definition) is 0. The summed E-state index contributed by atoms with van der Waals surface area (Å²) in [5.41, 5.74) is 0. The summed E-state index contributed by atoms with van der Waals surface area (Å²) in [5, 5.41) is 0. The van der Waals surface area contributed by atoms with E-state index < -0.39 is 9.85 Å². The molecule has 7 heteroatoms. The summed E-state index contributed by atoms with van der Waals surface area (Å²) in [6.45, 7) is 2.20. The molecule has 3 saturated heterocycles. The number of fused-ring (bicyclic) bond motifs is 2. The Labute approximate surface area is 125 Å². The molecule has 0 aromatic carbocycles. The maximum atomic E-state index is 13.1. The van der Waals surface area contributed by atoms with Gasteiger partial charge >= 0.3 is 9.96 Å². The molecule has 3 aliphatic heterocycles. The molecule has 108 valence electrons. The van der Waals surface area contributed by atoms with Crippen LogP contribution in [0.1, 0.15) is 12.8 Å². The van der Waals surface area contributed by atoms with Crippen molar-refractivity contribution in [1.29, 1.82) is 0 Å². The molecule has 0 aliphatic carbocycles. The fourth-order valence-electron chi connectivity index (χ4n) is 3.43. The Balaban J connectivity index is 1.61. The van der Waals surface area contributed by atoms with Crippen molar-refractivity contribution in [3.8, 4) is 0 Å². The van der Waals surface area contributed by atoms with Crippen molar-refractivity contribution in [3.05, 3.63) is 0 Å². The van der Waals surface area contributed by atoms with Gasteiger partial charge in [-0.15, -0.1) is 0 Å². The fraction of sp³-hybridized carbons (Fsp3) is 0.917. The smallest absolute Gasteiger partial charge is 0.320 e. The molecule has 4 nitrogen and oxygen atoms in total. The summed E-state index contributed by atoms with van der Waals surface area (Å²) in [6.07, 6.45) is 2.08. The molecule has 0 aromatic heterocycles. The van der Waals surface area contributed by atoms with Crippen LogP contribution in [0.25, 0.3) is 0 Å². The van der Waals surface area contributed by atoms with Crippen LogP contribution in [0.3, 0.4) is 0 Å². The maximum absolute atomic E-state index is 13.1. The first-order valence-corrected chi connectivity index (χ1v) is 7.76. The molecular weight excluding hydrogens is 367 g/mol. The number of urea groups is 1. The topological polar surface area (TPSA) is 26.8 Å². The predicted molar refractivity (Wildman–Crippen MR) is 75.6 cm³/mol. The van der Waals surface area contributed by atoms with Gasteiger partial charge in [0.1, 0.15) is 0 Å². The minimum atomic E-state index is -2.70. The van der Waals surface area contributed by atoms with E-state index in [4.69, 9.17) is 0 Å². The number of likely N-dealkylation sites (N-methyl/N-ethyl adjacent to an activating group) is 1. The quantitative estimate of drug-likeness (QED) is 0.509. The zero-order valence-electron chi connectivity index (χ0n) is 10.9. The van der Waals surface area contributed by atoms with Crippen LogP contribution >= 0.6 is 22.6 Å². The van der Waals surface area contributed by atoms with Crippen LogP contribution < -0.4 is 0 Å². The number of piperazine rings is 1. The molecule has 0 aromatic rings. The van der Waals surface area contributed by atoms with Crippen LogP contribution in [0, 0.1) is 5.92 Å². The third-order valence-electron chi connectivity index (χ3n) is 4.50. The molecule has 0 spiro atoms. The van der Waals surface area contributed by atoms with E-state index in [-0.39, 0.29) is 31.2 Å². The van der Waals surface area contributed by atoms with Gasteiger partial charge in [0.15, 0.2) is 0 Å². The second-order valence-electron chi connectivity index (χ2n) is 5.94. The minimum Gasteiger partial charge on any atom is -0.323 e. The lowest BCUT2D eigenvalue weighted by Crippen LogP contribution is -2.63. The van der Waals surface area contributed by atoms with Crippen LogP contribution in [-0.2, 0) is 0 Å². The Morgan fingerprint density at radius 2 is 1.68 bits per heavy atom. The number of carbonyl (C=O) groups is 1. The molecule has 0 N–H and O–H groups in total. The van der Waals surface area contributed by atoms with Crippen molar-refractivity contribution >= 4 is 28.6 Å². The molecule has 3 rings (SSSR count). The summed E-state index contributed by atoms with van der Waals surface area (Å²) in [6, 6.07) is 0.517. The molecule has 3 aliphatic rings. The van der Waals surface area contributed by atoms with Crippen molar-refractivity contribution < 1.29 is 13.6 Å². The Kier molecular flexibility index (Phi) is 3.40. The highest BCUT2D eigenvalue weighted by Crippen LogP contribution is 2.39. The predicted octanol–water partition coefficient (Wildman–Crippen LogP) is 1.84. The highest BCUT2D eigenvalue weighted by Gasteiger charge is 2.50. The average molecular weight is 385 g/mol. The summed E-state index contributed by atoms with van der Waals surface area (Å²) < 4.78 is 23.5. The number of rotatable bonds is 1. The van der Waals surface area contributed by atoms with Gasteiger partial charge in [0.2, 0.25) is 0 Å². The zero-order chi connectivity index (χ0) is 13.8. The van der Waals surface area contributed by atoms with Crippen molar-refractivity contribution in [1.82, 2.24) is 14.7 Å². The Bertz CT molecular complexity index is 370. The van der Waals surface area contributed by atoms with E-state index in [0.29, 0.717) is 0 Å². The third-order valence-corrected chi connectivity index (χ3v) is 5.38. The van der Waals surface area contributed by atoms with Crippen molar-refractivity contribution in [2.24, 2.45) is 5.92 Å². The first kappa shape index (κ1) is 13.8. The first-order valence-electron chi connectivity index (χ1n) is 6.68. The van der Waals surface area contributed by atoms with Gasteiger partial charge in [-0.1, -0.05) is 0 Å². The number of alkyl halides is 3. The highest BCUT2D eigenvalue weighted by molar-refractivity contribution is 14.1. The molecule has 3 heterocycles. The standard InChI is InChI=1S/C12H18F2IN3O/c1-16-6-9-2-3-10(7-16)18(9)11(19)17-4-8(5-17)12(13,14)15/h8-10H,2-7H2,1H3. The monoisotopic (exact) mass is 385 g/mol. The average Bonchev–Trinajstić information content (AvgIpc) is 2.46. The van der Waals surface area contributed by atoms with Crippen LogP contribution in [0.5, 0.6) is 0 Å². The van der Waals surface area contributed by atoms with Crippen LogP contribution in [0.2, 0.25) is 0 Å². The summed E-state index contributed by atoms with van der Waals surface area (Å²) >= 11 is 1.17. The van der Waals surface area contributed by atoms with Crippen molar-refractivity contribution in [2.75, 3.05) is 33.2 Å². The molecular formula is C12H18F2IN3O. The molecule has 2 atom stereocenters. The van der Waals surface area contributed by atoms with E-state index in [1.165, 1.54) is 22.6 Å². The second-order valence-corrected chi connectivity index (χ2v) is 7.38. The summed E-state index contributed by atoms with van der Waals surface area (Å²) in [4.78, 5) is 18.2. The number of likely N-dealkylation sites (tertiary alicyclic amines) is 2. The molecule has 2 unspecified atom stereocenters. The van der Waals surface area contributed by atoms with Gasteiger partial charge in [0.05, 0.1) is 5.92 Å². The lowest BCUT2D eigenvalue weighted by Gasteiger charge is -2.47. The van der Waals surface area contributed by atoms with Crippen LogP contribution in [-0.4, -0.2) is 70.0 Å². The van der Waals surface area contributed by atoms with E-state index in [1.54, 1.807) is 4.90 Å². The van der Waals surface area contributed by atoms with Gasteiger partial charge in [-0.2, -0.15) is 8.78 Å².